The van der Waals surface area contributed by atoms with Gasteiger partial charge in [-0.2, -0.15) is 5.26 Å². The van der Waals surface area contributed by atoms with Crippen LogP contribution in [-0.2, 0) is 11.8 Å². The lowest BCUT2D eigenvalue weighted by Gasteiger charge is -2.34. The summed E-state index contributed by atoms with van der Waals surface area (Å²) in [5, 5.41) is 23.5. The largest absolute Gasteiger partial charge is 0.383 e. The third-order valence-corrected chi connectivity index (χ3v) is 7.21. The molecule has 2 atom stereocenters. The molecule has 35 heavy (non-hydrogen) atoms. The number of carbonyl (C=O) groups is 2. The van der Waals surface area contributed by atoms with Crippen LogP contribution in [0, 0.1) is 17.2 Å². The molecule has 0 bridgehead atoms. The van der Waals surface area contributed by atoms with Crippen LogP contribution >= 0.6 is 0 Å². The first-order chi connectivity index (χ1) is 16.8. The SMILES string of the molecule is CC[C@H](C)[C@H](O)C(=O)N1CCC(c2cn(C)c3ccc(NC(=O)c4cccc(C#N)c4)cc23)CC1. The number of aromatic nitrogens is 1. The summed E-state index contributed by atoms with van der Waals surface area (Å²) < 4.78 is 2.09. The van der Waals surface area contributed by atoms with E-state index in [0.29, 0.717) is 35.8 Å². The molecule has 0 spiro atoms. The smallest absolute Gasteiger partial charge is 0.255 e. The third kappa shape index (κ3) is 5.08. The van der Waals surface area contributed by atoms with Crippen LogP contribution in [0.2, 0.25) is 0 Å². The van der Waals surface area contributed by atoms with E-state index in [1.165, 1.54) is 5.56 Å². The number of benzene rings is 2. The molecule has 7 heteroatoms. The number of piperidine rings is 1. The summed E-state index contributed by atoms with van der Waals surface area (Å²) in [6, 6.07) is 14.6. The lowest BCUT2D eigenvalue weighted by Crippen LogP contribution is -2.45. The zero-order chi connectivity index (χ0) is 25.1. The summed E-state index contributed by atoms with van der Waals surface area (Å²) in [5.74, 6) is -0.178. The number of likely N-dealkylation sites (tertiary alicyclic amines) is 1. The first kappa shape index (κ1) is 24.5. The molecule has 1 saturated heterocycles. The second kappa shape index (κ2) is 10.3. The van der Waals surface area contributed by atoms with Gasteiger partial charge < -0.3 is 19.9 Å². The number of anilines is 1. The van der Waals surface area contributed by atoms with Crippen LogP contribution in [0.25, 0.3) is 10.9 Å². The number of hydrogen-bond donors (Lipinski definition) is 2. The first-order valence-electron chi connectivity index (χ1n) is 12.2. The quantitative estimate of drug-likeness (QED) is 0.555. The molecule has 1 fully saturated rings. The molecule has 0 radical (unpaired) electrons. The van der Waals surface area contributed by atoms with Crippen LogP contribution in [0.1, 0.15) is 60.5 Å². The third-order valence-electron chi connectivity index (χ3n) is 7.21. The summed E-state index contributed by atoms with van der Waals surface area (Å²) in [6.45, 7) is 5.13. The second-order valence-electron chi connectivity index (χ2n) is 9.50. The van der Waals surface area contributed by atoms with Crippen molar-refractivity contribution in [2.24, 2.45) is 13.0 Å². The van der Waals surface area contributed by atoms with E-state index >= 15 is 0 Å². The maximum atomic E-state index is 12.8. The fraction of sp³-hybridized carbons (Fsp3) is 0.393. The molecular formula is C28H32N4O3. The highest BCUT2D eigenvalue weighted by Gasteiger charge is 2.31. The number of hydrogen-bond acceptors (Lipinski definition) is 4. The van der Waals surface area contributed by atoms with Gasteiger partial charge in [-0.1, -0.05) is 26.3 Å². The standard InChI is InChI=1S/C28H32N4O3/c1-4-18(2)26(33)28(35)32-12-10-20(11-13-32)24-17-31(3)25-9-8-22(15-23(24)25)30-27(34)21-7-5-6-19(14-21)16-29/h5-9,14-15,17-18,20,26,33H,4,10-13H2,1-3H3,(H,30,34)/t18-,26-/m0/s1. The maximum Gasteiger partial charge on any atom is 0.255 e. The summed E-state index contributed by atoms with van der Waals surface area (Å²) in [4.78, 5) is 27.2. The number of aryl methyl sites for hydroxylation is 1. The van der Waals surface area contributed by atoms with Gasteiger partial charge in [0.2, 0.25) is 0 Å². The van der Waals surface area contributed by atoms with Gasteiger partial charge in [0.1, 0.15) is 6.10 Å². The molecular weight excluding hydrogens is 440 g/mol. The van der Waals surface area contributed by atoms with Crippen molar-refractivity contribution in [1.29, 1.82) is 5.26 Å². The molecule has 2 amide bonds. The average molecular weight is 473 g/mol. The van der Waals surface area contributed by atoms with Crippen molar-refractivity contribution in [2.75, 3.05) is 18.4 Å². The molecule has 2 N–H and O–H groups in total. The lowest BCUT2D eigenvalue weighted by molar-refractivity contribution is -0.143. The average Bonchev–Trinajstić information content (AvgIpc) is 3.22. The van der Waals surface area contributed by atoms with Crippen molar-refractivity contribution >= 4 is 28.4 Å². The minimum atomic E-state index is -0.936. The minimum Gasteiger partial charge on any atom is -0.383 e. The van der Waals surface area contributed by atoms with Gasteiger partial charge in [0.25, 0.3) is 11.8 Å². The van der Waals surface area contributed by atoms with Gasteiger partial charge in [0.15, 0.2) is 0 Å². The van der Waals surface area contributed by atoms with Crippen molar-refractivity contribution < 1.29 is 14.7 Å². The van der Waals surface area contributed by atoms with Crippen molar-refractivity contribution in [3.05, 3.63) is 65.4 Å². The van der Waals surface area contributed by atoms with Crippen LogP contribution in [0.5, 0.6) is 0 Å². The predicted molar refractivity (Wildman–Crippen MR) is 136 cm³/mol. The summed E-state index contributed by atoms with van der Waals surface area (Å²) in [5.41, 5.74) is 3.87. The Morgan fingerprint density at radius 1 is 1.20 bits per heavy atom. The fourth-order valence-electron chi connectivity index (χ4n) is 4.82. The van der Waals surface area contributed by atoms with Gasteiger partial charge in [-0.3, -0.25) is 9.59 Å². The van der Waals surface area contributed by atoms with Gasteiger partial charge in [-0.15, -0.1) is 0 Å². The number of nitrogens with zero attached hydrogens (tertiary/aromatic N) is 3. The highest BCUT2D eigenvalue weighted by atomic mass is 16.3. The topological polar surface area (TPSA) is 98.4 Å². The van der Waals surface area contributed by atoms with Gasteiger partial charge in [-0.05, 0) is 66.6 Å². The molecule has 1 aliphatic heterocycles. The Morgan fingerprint density at radius 2 is 1.94 bits per heavy atom. The fourth-order valence-corrected chi connectivity index (χ4v) is 4.82. The zero-order valence-corrected chi connectivity index (χ0v) is 20.5. The minimum absolute atomic E-state index is 0.0469. The summed E-state index contributed by atoms with van der Waals surface area (Å²) in [6.07, 6.45) is 3.63. The number of aliphatic hydroxyl groups excluding tert-OH is 1. The van der Waals surface area contributed by atoms with Crippen molar-refractivity contribution in [3.63, 3.8) is 0 Å². The number of nitriles is 1. The maximum absolute atomic E-state index is 12.8. The van der Waals surface area contributed by atoms with Crippen LogP contribution < -0.4 is 5.32 Å². The van der Waals surface area contributed by atoms with E-state index in [1.54, 1.807) is 29.2 Å². The van der Waals surface area contributed by atoms with Gasteiger partial charge in [0, 0.05) is 48.5 Å². The van der Waals surface area contributed by atoms with Crippen molar-refractivity contribution in [1.82, 2.24) is 9.47 Å². The van der Waals surface area contributed by atoms with E-state index in [2.05, 4.69) is 22.1 Å². The van der Waals surface area contributed by atoms with Crippen LogP contribution in [0.3, 0.4) is 0 Å². The molecule has 182 valence electrons. The predicted octanol–water partition coefficient (Wildman–Crippen LogP) is 4.42. The Hall–Kier alpha value is -3.63. The molecule has 2 heterocycles. The number of fused-ring (bicyclic) bond motifs is 1. The van der Waals surface area contributed by atoms with Crippen LogP contribution in [0.15, 0.2) is 48.7 Å². The molecule has 4 rings (SSSR count). The first-order valence-corrected chi connectivity index (χ1v) is 12.2. The number of nitrogens with one attached hydrogen (secondary N) is 1. The van der Waals surface area contributed by atoms with Gasteiger partial charge >= 0.3 is 0 Å². The Morgan fingerprint density at radius 3 is 2.63 bits per heavy atom. The zero-order valence-electron chi connectivity index (χ0n) is 20.5. The monoisotopic (exact) mass is 472 g/mol. The Labute approximate surface area is 206 Å². The van der Waals surface area contributed by atoms with Gasteiger partial charge in [-0.25, -0.2) is 0 Å². The van der Waals surface area contributed by atoms with E-state index in [-0.39, 0.29) is 17.7 Å². The number of carbonyl (C=O) groups excluding carboxylic acids is 2. The number of amides is 2. The highest BCUT2D eigenvalue weighted by molar-refractivity contribution is 6.05. The van der Waals surface area contributed by atoms with Crippen LogP contribution in [0.4, 0.5) is 5.69 Å². The van der Waals surface area contributed by atoms with Gasteiger partial charge in [0.05, 0.1) is 11.6 Å². The molecule has 1 aromatic heterocycles. The number of aliphatic hydroxyl groups is 1. The van der Waals surface area contributed by atoms with E-state index in [1.807, 2.05) is 39.1 Å². The number of rotatable bonds is 6. The van der Waals surface area contributed by atoms with E-state index in [4.69, 9.17) is 5.26 Å². The summed E-state index contributed by atoms with van der Waals surface area (Å²) in [7, 11) is 2.01. The molecule has 0 unspecified atom stereocenters. The Kier molecular flexibility index (Phi) is 7.23. The van der Waals surface area contributed by atoms with E-state index in [0.717, 1.165) is 30.2 Å². The van der Waals surface area contributed by atoms with Crippen molar-refractivity contribution in [3.8, 4) is 6.07 Å². The van der Waals surface area contributed by atoms with Crippen molar-refractivity contribution in [2.45, 2.75) is 45.1 Å². The molecule has 1 aliphatic rings. The Bertz CT molecular complexity index is 1280. The second-order valence-corrected chi connectivity index (χ2v) is 9.50. The normalized spacial score (nSPS) is 16.0. The summed E-state index contributed by atoms with van der Waals surface area (Å²) >= 11 is 0. The Balaban J connectivity index is 1.51. The van der Waals surface area contributed by atoms with Crippen LogP contribution in [-0.4, -0.2) is 45.6 Å². The molecule has 0 saturated carbocycles. The van der Waals surface area contributed by atoms with E-state index in [9.17, 15) is 14.7 Å². The molecule has 7 nitrogen and oxygen atoms in total. The molecule has 0 aliphatic carbocycles. The highest BCUT2D eigenvalue weighted by Crippen LogP contribution is 2.35. The lowest BCUT2D eigenvalue weighted by atomic mass is 9.88. The molecule has 2 aromatic carbocycles. The van der Waals surface area contributed by atoms with E-state index < -0.39 is 6.10 Å². The molecule has 3 aromatic rings.